The number of aryl methyl sites for hydroxylation is 1. The first-order valence-corrected chi connectivity index (χ1v) is 11.4. The van der Waals surface area contributed by atoms with Crippen LogP contribution in [0.4, 0.5) is 0 Å². The standard InChI is InChI=1S/C26H28N4O2/c1-17(2)9-10-22-23-16-29(12-13-30(23)25(28-22)18-6-5-11-27-15-18)26(32)21-14-24(31)20-8-4-3-7-19(20)21/h3-8,11,15,17,21H,9-10,12-14,16H2,1-2H3. The molecular weight excluding hydrogens is 400 g/mol. The molecule has 0 saturated heterocycles. The van der Waals surface area contributed by atoms with Crippen molar-refractivity contribution in [3.8, 4) is 11.4 Å². The topological polar surface area (TPSA) is 68.1 Å². The average molecular weight is 429 g/mol. The minimum Gasteiger partial charge on any atom is -0.334 e. The second-order valence-corrected chi connectivity index (χ2v) is 9.18. The summed E-state index contributed by atoms with van der Waals surface area (Å²) in [7, 11) is 0. The number of nitrogens with zero attached hydrogens (tertiary/aromatic N) is 4. The summed E-state index contributed by atoms with van der Waals surface area (Å²) in [5.41, 5.74) is 4.75. The van der Waals surface area contributed by atoms with Crippen LogP contribution in [0.15, 0.2) is 48.8 Å². The Morgan fingerprint density at radius 2 is 2.00 bits per heavy atom. The van der Waals surface area contributed by atoms with Crippen LogP contribution in [-0.2, 0) is 24.3 Å². The van der Waals surface area contributed by atoms with Gasteiger partial charge in [0.15, 0.2) is 5.78 Å². The number of hydrogen-bond acceptors (Lipinski definition) is 4. The van der Waals surface area contributed by atoms with Crippen molar-refractivity contribution in [1.82, 2.24) is 19.4 Å². The lowest BCUT2D eigenvalue weighted by molar-refractivity contribution is -0.134. The van der Waals surface area contributed by atoms with E-state index in [0.29, 0.717) is 31.1 Å². The van der Waals surface area contributed by atoms with Gasteiger partial charge in [0.05, 0.1) is 23.9 Å². The van der Waals surface area contributed by atoms with Gasteiger partial charge in [0, 0.05) is 43.0 Å². The first kappa shape index (κ1) is 20.6. The Kier molecular flexibility index (Phi) is 5.37. The van der Waals surface area contributed by atoms with E-state index in [0.717, 1.165) is 41.2 Å². The Labute approximate surface area is 188 Å². The normalized spacial score (nSPS) is 17.5. The summed E-state index contributed by atoms with van der Waals surface area (Å²) in [6.45, 7) is 6.28. The van der Waals surface area contributed by atoms with Crippen molar-refractivity contribution in [3.05, 3.63) is 71.3 Å². The molecule has 6 nitrogen and oxygen atoms in total. The Morgan fingerprint density at radius 3 is 2.78 bits per heavy atom. The second kappa shape index (κ2) is 8.34. The average Bonchev–Trinajstić information content (AvgIpc) is 3.35. The molecular formula is C26H28N4O2. The summed E-state index contributed by atoms with van der Waals surface area (Å²) in [6.07, 6.45) is 5.83. The van der Waals surface area contributed by atoms with Crippen molar-refractivity contribution in [2.45, 2.75) is 52.1 Å². The smallest absolute Gasteiger partial charge is 0.231 e. The van der Waals surface area contributed by atoms with E-state index in [1.54, 1.807) is 6.20 Å². The number of imidazole rings is 1. The number of ketones is 1. The minimum atomic E-state index is -0.370. The van der Waals surface area contributed by atoms with Crippen LogP contribution in [0.3, 0.4) is 0 Å². The number of carbonyl (C=O) groups is 2. The molecule has 0 N–H and O–H groups in total. The monoisotopic (exact) mass is 428 g/mol. The molecule has 32 heavy (non-hydrogen) atoms. The van der Waals surface area contributed by atoms with Gasteiger partial charge in [-0.05, 0) is 36.5 Å². The molecule has 0 fully saturated rings. The lowest BCUT2D eigenvalue weighted by atomic mass is 9.99. The van der Waals surface area contributed by atoms with Crippen LogP contribution >= 0.6 is 0 Å². The number of benzene rings is 1. The highest BCUT2D eigenvalue weighted by Gasteiger charge is 2.38. The maximum atomic E-state index is 13.5. The molecule has 3 heterocycles. The van der Waals surface area contributed by atoms with Gasteiger partial charge in [-0.1, -0.05) is 38.1 Å². The van der Waals surface area contributed by atoms with Crippen LogP contribution in [0.2, 0.25) is 0 Å². The SMILES string of the molecule is CC(C)CCc1nc(-c2cccnc2)n2c1CN(C(=O)C1CC(=O)c3ccccc31)CC2. The van der Waals surface area contributed by atoms with Crippen molar-refractivity contribution in [2.24, 2.45) is 5.92 Å². The van der Waals surface area contributed by atoms with Crippen LogP contribution in [0, 0.1) is 5.92 Å². The van der Waals surface area contributed by atoms with E-state index in [-0.39, 0.29) is 24.0 Å². The van der Waals surface area contributed by atoms with Crippen LogP contribution in [0.25, 0.3) is 11.4 Å². The molecule has 0 radical (unpaired) electrons. The summed E-state index contributed by atoms with van der Waals surface area (Å²) < 4.78 is 2.25. The highest BCUT2D eigenvalue weighted by atomic mass is 16.2. The molecule has 0 saturated carbocycles. The third kappa shape index (κ3) is 3.64. The highest BCUT2D eigenvalue weighted by molar-refractivity contribution is 6.06. The van der Waals surface area contributed by atoms with Gasteiger partial charge in [0.2, 0.25) is 5.91 Å². The molecule has 164 valence electrons. The zero-order chi connectivity index (χ0) is 22.2. The number of aromatic nitrogens is 3. The quantitative estimate of drug-likeness (QED) is 0.609. The molecule has 1 unspecified atom stereocenters. The van der Waals surface area contributed by atoms with Crippen molar-refractivity contribution < 1.29 is 9.59 Å². The Balaban J connectivity index is 1.45. The lowest BCUT2D eigenvalue weighted by Gasteiger charge is -2.31. The number of Topliss-reactive ketones (excluding diaryl/α,β-unsaturated/α-hetero) is 1. The van der Waals surface area contributed by atoms with Crippen molar-refractivity contribution in [2.75, 3.05) is 6.54 Å². The molecule has 2 aliphatic rings. The Bertz CT molecular complexity index is 1170. The Morgan fingerprint density at radius 1 is 1.16 bits per heavy atom. The molecule has 2 aromatic heterocycles. The summed E-state index contributed by atoms with van der Waals surface area (Å²) in [6, 6.07) is 11.5. The summed E-state index contributed by atoms with van der Waals surface area (Å²) in [4.78, 5) is 37.1. The third-order valence-electron chi connectivity index (χ3n) is 6.60. The van der Waals surface area contributed by atoms with E-state index in [1.807, 2.05) is 47.5 Å². The van der Waals surface area contributed by atoms with Crippen molar-refractivity contribution in [3.63, 3.8) is 0 Å². The summed E-state index contributed by atoms with van der Waals surface area (Å²) in [5, 5.41) is 0. The number of fused-ring (bicyclic) bond motifs is 2. The fourth-order valence-electron chi connectivity index (χ4n) is 4.86. The number of amides is 1. The van der Waals surface area contributed by atoms with E-state index in [4.69, 9.17) is 4.98 Å². The third-order valence-corrected chi connectivity index (χ3v) is 6.60. The molecule has 1 aliphatic carbocycles. The highest BCUT2D eigenvalue weighted by Crippen LogP contribution is 2.36. The first-order valence-electron chi connectivity index (χ1n) is 11.4. The van der Waals surface area contributed by atoms with Gasteiger partial charge in [-0.15, -0.1) is 0 Å². The second-order valence-electron chi connectivity index (χ2n) is 9.18. The molecule has 5 rings (SSSR count). The lowest BCUT2D eigenvalue weighted by Crippen LogP contribution is -2.40. The van der Waals surface area contributed by atoms with Crippen LogP contribution in [-0.4, -0.2) is 37.7 Å². The van der Waals surface area contributed by atoms with Crippen LogP contribution < -0.4 is 0 Å². The van der Waals surface area contributed by atoms with E-state index in [1.165, 1.54) is 0 Å². The first-order chi connectivity index (χ1) is 15.5. The van der Waals surface area contributed by atoms with Gasteiger partial charge in [0.25, 0.3) is 0 Å². The van der Waals surface area contributed by atoms with Gasteiger partial charge in [-0.25, -0.2) is 4.98 Å². The summed E-state index contributed by atoms with van der Waals surface area (Å²) >= 11 is 0. The molecule has 1 aliphatic heterocycles. The Hall–Kier alpha value is -3.28. The molecule has 0 bridgehead atoms. The molecule has 1 atom stereocenters. The van der Waals surface area contributed by atoms with E-state index in [9.17, 15) is 9.59 Å². The van der Waals surface area contributed by atoms with Gasteiger partial charge in [0.1, 0.15) is 5.82 Å². The van der Waals surface area contributed by atoms with Gasteiger partial charge >= 0.3 is 0 Å². The maximum Gasteiger partial charge on any atom is 0.231 e. The fourth-order valence-corrected chi connectivity index (χ4v) is 4.86. The van der Waals surface area contributed by atoms with Gasteiger partial charge in [-0.3, -0.25) is 14.6 Å². The van der Waals surface area contributed by atoms with E-state index in [2.05, 4.69) is 23.4 Å². The number of rotatable bonds is 5. The number of hydrogen-bond donors (Lipinski definition) is 0. The van der Waals surface area contributed by atoms with E-state index >= 15 is 0 Å². The number of pyridine rings is 1. The molecule has 1 amide bonds. The molecule has 3 aromatic rings. The summed E-state index contributed by atoms with van der Waals surface area (Å²) in [5.74, 6) is 1.26. The van der Waals surface area contributed by atoms with Crippen molar-refractivity contribution in [1.29, 1.82) is 0 Å². The van der Waals surface area contributed by atoms with E-state index < -0.39 is 0 Å². The fraction of sp³-hybridized carbons (Fsp3) is 0.385. The van der Waals surface area contributed by atoms with Crippen molar-refractivity contribution >= 4 is 11.7 Å². The molecule has 6 heteroatoms. The zero-order valence-electron chi connectivity index (χ0n) is 18.6. The van der Waals surface area contributed by atoms with Crippen LogP contribution in [0.1, 0.15) is 59.9 Å². The predicted octanol–water partition coefficient (Wildman–Crippen LogP) is 4.25. The van der Waals surface area contributed by atoms with Gasteiger partial charge in [-0.2, -0.15) is 0 Å². The largest absolute Gasteiger partial charge is 0.334 e. The van der Waals surface area contributed by atoms with Gasteiger partial charge < -0.3 is 9.47 Å². The zero-order valence-corrected chi connectivity index (χ0v) is 18.6. The van der Waals surface area contributed by atoms with Crippen LogP contribution in [0.5, 0.6) is 0 Å². The molecule has 1 aromatic carbocycles. The maximum absolute atomic E-state index is 13.5. The molecule has 0 spiro atoms. The number of carbonyl (C=O) groups excluding carboxylic acids is 2. The predicted molar refractivity (Wildman–Crippen MR) is 122 cm³/mol. The minimum absolute atomic E-state index is 0.0495.